The summed E-state index contributed by atoms with van der Waals surface area (Å²) in [5.41, 5.74) is 0. The van der Waals surface area contributed by atoms with E-state index in [1.807, 2.05) is 0 Å². The molecule has 0 unspecified atom stereocenters. The number of hydrogen-bond donors (Lipinski definition) is 1. The molecule has 0 atom stereocenters. The van der Waals surface area contributed by atoms with Gasteiger partial charge in [-0.05, 0) is 0 Å². The Morgan fingerprint density at radius 1 is 1.75 bits per heavy atom. The molecule has 24 valence electrons. The molecule has 4 heteroatoms. The Morgan fingerprint density at radius 2 is 1.75 bits per heavy atom. The number of hydrogen-bond acceptors (Lipinski definition) is 1. The first-order valence-electron chi connectivity index (χ1n) is 0.494. The van der Waals surface area contributed by atoms with Crippen molar-refractivity contribution in [1.82, 2.24) is 0 Å². The summed E-state index contributed by atoms with van der Waals surface area (Å²) >= 11 is 0. The zero-order chi connectivity index (χ0) is 2.71. The maximum Gasteiger partial charge on any atom is 0.484 e. The van der Waals surface area contributed by atoms with Crippen LogP contribution in [0.25, 0.3) is 0 Å². The van der Waals surface area contributed by atoms with E-state index in [4.69, 9.17) is 9.26 Å². The molecule has 4 heavy (non-hydrogen) atoms. The van der Waals surface area contributed by atoms with Crippen molar-refractivity contribution in [2.24, 2.45) is 0 Å². The van der Waals surface area contributed by atoms with Gasteiger partial charge in [0.15, 0.2) is 17.4 Å². The minimum absolute atomic E-state index is 0. The van der Waals surface area contributed by atoms with Crippen LogP contribution in [0.15, 0.2) is 0 Å². The molecular formula is H5AlO2Si. The summed E-state index contributed by atoms with van der Waals surface area (Å²) in [5, 5.41) is 0. The molecule has 0 saturated carbocycles. The summed E-state index contributed by atoms with van der Waals surface area (Å²) < 4.78 is 8.57. The van der Waals surface area contributed by atoms with E-state index in [1.165, 1.54) is 0 Å². The van der Waals surface area contributed by atoms with Gasteiger partial charge in [-0.3, -0.25) is 0 Å². The minimum atomic E-state index is -1.50. The van der Waals surface area contributed by atoms with Crippen molar-refractivity contribution < 1.29 is 9.26 Å². The Labute approximate surface area is 37.0 Å². The maximum absolute atomic E-state index is 8.57. The van der Waals surface area contributed by atoms with E-state index in [2.05, 4.69) is 0 Å². The lowest BCUT2D eigenvalue weighted by Gasteiger charge is -1.32. The van der Waals surface area contributed by atoms with Crippen molar-refractivity contribution in [3.63, 3.8) is 0 Å². The minimum Gasteiger partial charge on any atom is -0.541 e. The van der Waals surface area contributed by atoms with Gasteiger partial charge in [0.05, 0.1) is 0 Å². The molecule has 0 aliphatic heterocycles. The van der Waals surface area contributed by atoms with Crippen LogP contribution in [0.5, 0.6) is 0 Å². The van der Waals surface area contributed by atoms with Crippen LogP contribution in [-0.2, 0) is 4.46 Å². The van der Waals surface area contributed by atoms with Gasteiger partial charge < -0.3 is 9.26 Å². The quantitative estimate of drug-likeness (QED) is 0.335. The van der Waals surface area contributed by atoms with Crippen molar-refractivity contribution in [2.45, 2.75) is 0 Å². The first-order chi connectivity index (χ1) is 1.41. The molecule has 0 aromatic heterocycles. The molecule has 2 nitrogen and oxygen atoms in total. The van der Waals surface area contributed by atoms with Crippen LogP contribution < -0.4 is 0 Å². The van der Waals surface area contributed by atoms with Gasteiger partial charge in [-0.15, -0.1) is 0 Å². The third-order valence-electron chi connectivity index (χ3n) is 0. The standard InChI is InChI=1S/Al.H2O2Si.3H/c;1-3-2;;;/h;1,3H;;;. The summed E-state index contributed by atoms with van der Waals surface area (Å²) in [7, 11) is -1.50. The molecule has 0 saturated heterocycles. The summed E-state index contributed by atoms with van der Waals surface area (Å²) in [5.74, 6) is 0. The van der Waals surface area contributed by atoms with E-state index in [0.29, 0.717) is 0 Å². The predicted molar refractivity (Wildman–Crippen MR) is 20.0 cm³/mol. The third-order valence-corrected chi connectivity index (χ3v) is 0. The molecule has 0 radical (unpaired) electrons. The van der Waals surface area contributed by atoms with Gasteiger partial charge in [0.2, 0.25) is 0 Å². The molecule has 0 aliphatic rings. The average Bonchev–Trinajstić information content (AvgIpc) is 0.918. The highest BCUT2D eigenvalue weighted by molar-refractivity contribution is 6.04. The summed E-state index contributed by atoms with van der Waals surface area (Å²) in [6.45, 7) is 0. The fourth-order valence-electron chi connectivity index (χ4n) is 0. The molecule has 0 bridgehead atoms. The molecule has 0 aliphatic carbocycles. The topological polar surface area (TPSA) is 37.3 Å². The van der Waals surface area contributed by atoms with Crippen LogP contribution in [0.1, 0.15) is 0 Å². The summed E-state index contributed by atoms with van der Waals surface area (Å²) in [6.07, 6.45) is 0. The molecule has 1 N–H and O–H groups in total. The van der Waals surface area contributed by atoms with Crippen LogP contribution in [0, 0.1) is 0 Å². The second-order valence-corrected chi connectivity index (χ2v) is 0.316. The smallest absolute Gasteiger partial charge is 0.484 e. The van der Waals surface area contributed by atoms with Crippen molar-refractivity contribution in [3.05, 3.63) is 0 Å². The van der Waals surface area contributed by atoms with Crippen LogP contribution in [0.4, 0.5) is 0 Å². The molecule has 0 aromatic carbocycles. The maximum atomic E-state index is 8.57. The third kappa shape index (κ3) is 35.0. The van der Waals surface area contributed by atoms with Crippen LogP contribution >= 0.6 is 0 Å². The van der Waals surface area contributed by atoms with E-state index >= 15 is 0 Å². The lowest BCUT2D eigenvalue weighted by Crippen LogP contribution is -1.54. The van der Waals surface area contributed by atoms with Crippen molar-refractivity contribution in [1.29, 1.82) is 0 Å². The van der Waals surface area contributed by atoms with Crippen LogP contribution in [0.2, 0.25) is 0 Å². The Morgan fingerprint density at radius 3 is 1.75 bits per heavy atom. The van der Waals surface area contributed by atoms with E-state index in [-0.39, 0.29) is 17.4 Å². The van der Waals surface area contributed by atoms with Gasteiger partial charge in [0, 0.05) is 0 Å². The Balaban J connectivity index is 0. The predicted octanol–water partition coefficient (Wildman–Crippen LogP) is -2.51. The Hall–Kier alpha value is 0.349. The first kappa shape index (κ1) is 8.84. The molecule has 0 heterocycles. The van der Waals surface area contributed by atoms with E-state index < -0.39 is 9.65 Å². The first-order valence-corrected chi connectivity index (χ1v) is 1.48. The Bertz CT molecular complexity index is 13.5. The highest BCUT2D eigenvalue weighted by atomic mass is 28.2. The lowest BCUT2D eigenvalue weighted by atomic mass is 15.9. The largest absolute Gasteiger partial charge is 0.541 e. The monoisotopic (exact) mass is 92.0 g/mol. The SMILES string of the molecule is O=[SiH]O.[AlH3]. The number of rotatable bonds is 0. The van der Waals surface area contributed by atoms with E-state index in [9.17, 15) is 0 Å². The van der Waals surface area contributed by atoms with Crippen molar-refractivity contribution in [3.8, 4) is 0 Å². The second kappa shape index (κ2) is 10.2. The van der Waals surface area contributed by atoms with Gasteiger partial charge in [0.1, 0.15) is 0 Å². The fourth-order valence-corrected chi connectivity index (χ4v) is 0. The normalized spacial score (nSPS) is 3.00. The molecule has 0 rings (SSSR count). The van der Waals surface area contributed by atoms with Crippen LogP contribution in [-0.4, -0.2) is 31.8 Å². The highest BCUT2D eigenvalue weighted by Crippen LogP contribution is 0.924. The zero-order valence-corrected chi connectivity index (χ0v) is 2.59. The van der Waals surface area contributed by atoms with Crippen molar-refractivity contribution in [2.75, 3.05) is 0 Å². The van der Waals surface area contributed by atoms with E-state index in [0.717, 1.165) is 0 Å². The van der Waals surface area contributed by atoms with Gasteiger partial charge in [-0.2, -0.15) is 0 Å². The molecule has 0 fully saturated rings. The highest BCUT2D eigenvalue weighted by Gasteiger charge is 1.32. The van der Waals surface area contributed by atoms with E-state index in [1.54, 1.807) is 0 Å². The van der Waals surface area contributed by atoms with Crippen LogP contribution in [0.3, 0.4) is 0 Å². The lowest BCUT2D eigenvalue weighted by molar-refractivity contribution is 0.478. The molecule has 0 aromatic rings. The summed E-state index contributed by atoms with van der Waals surface area (Å²) in [6, 6.07) is 0. The molecular weight excluding hydrogens is 87.1 g/mol. The van der Waals surface area contributed by atoms with Gasteiger partial charge >= 0.3 is 9.65 Å². The molecule has 0 amide bonds. The second-order valence-electron chi connectivity index (χ2n) is 0.105. The molecule has 0 spiro atoms. The zero-order valence-electron chi connectivity index (χ0n) is 1.43. The van der Waals surface area contributed by atoms with Gasteiger partial charge in [-0.1, -0.05) is 0 Å². The summed E-state index contributed by atoms with van der Waals surface area (Å²) in [4.78, 5) is 7.10. The fraction of sp³-hybridized carbons (Fsp3) is 0. The van der Waals surface area contributed by atoms with Gasteiger partial charge in [-0.25, -0.2) is 0 Å². The van der Waals surface area contributed by atoms with Crippen molar-refractivity contribution >= 4 is 27.0 Å². The van der Waals surface area contributed by atoms with Gasteiger partial charge in [0.25, 0.3) is 0 Å². The average molecular weight is 92.1 g/mol. The Kier molecular flexibility index (Phi) is 22.4.